The third-order valence-corrected chi connectivity index (χ3v) is 5.89. The van der Waals surface area contributed by atoms with Gasteiger partial charge < -0.3 is 4.74 Å². The van der Waals surface area contributed by atoms with E-state index in [2.05, 4.69) is 23.0 Å². The fourth-order valence-electron chi connectivity index (χ4n) is 3.13. The number of benzene rings is 1. The molecule has 0 bridgehead atoms. The number of rotatable bonds is 5. The predicted molar refractivity (Wildman–Crippen MR) is 106 cm³/mol. The molecule has 1 unspecified atom stereocenters. The Labute approximate surface area is 163 Å². The molecule has 140 valence electrons. The number of thioether (sulfide) groups is 1. The van der Waals surface area contributed by atoms with E-state index >= 15 is 0 Å². The van der Waals surface area contributed by atoms with Gasteiger partial charge in [0, 0.05) is 18.1 Å². The van der Waals surface area contributed by atoms with Gasteiger partial charge in [-0.25, -0.2) is 4.68 Å². The van der Waals surface area contributed by atoms with Crippen LogP contribution in [0.4, 0.5) is 0 Å². The van der Waals surface area contributed by atoms with Crippen LogP contribution in [0.15, 0.2) is 24.3 Å². The lowest BCUT2D eigenvalue weighted by atomic mass is 10.2. The summed E-state index contributed by atoms with van der Waals surface area (Å²) in [6.07, 6.45) is 0. The molecule has 0 aliphatic carbocycles. The molecule has 0 radical (unpaired) electrons. The Morgan fingerprint density at radius 3 is 2.88 bits per heavy atom. The molecule has 0 spiro atoms. The Hall–Kier alpha value is -1.64. The molecular weight excluding hydrogens is 368 g/mol. The van der Waals surface area contributed by atoms with Crippen molar-refractivity contribution in [3.8, 4) is 5.69 Å². The van der Waals surface area contributed by atoms with Gasteiger partial charge in [-0.1, -0.05) is 18.2 Å². The van der Waals surface area contributed by atoms with Gasteiger partial charge in [-0.2, -0.15) is 16.9 Å². The fourth-order valence-corrected chi connectivity index (χ4v) is 4.56. The summed E-state index contributed by atoms with van der Waals surface area (Å²) in [6, 6.07) is 7.87. The van der Waals surface area contributed by atoms with E-state index in [4.69, 9.17) is 17.0 Å². The molecule has 3 rings (SSSR count). The minimum absolute atomic E-state index is 0.165. The van der Waals surface area contributed by atoms with Gasteiger partial charge in [-0.3, -0.25) is 14.3 Å². The first-order valence-electron chi connectivity index (χ1n) is 8.73. The van der Waals surface area contributed by atoms with Crippen molar-refractivity contribution < 1.29 is 9.53 Å². The molecule has 0 amide bonds. The van der Waals surface area contributed by atoms with Crippen LogP contribution in [0.3, 0.4) is 0 Å². The molecule has 0 N–H and O–H groups in total. The zero-order valence-corrected chi connectivity index (χ0v) is 17.0. The highest BCUT2D eigenvalue weighted by Gasteiger charge is 2.31. The van der Waals surface area contributed by atoms with Crippen LogP contribution in [-0.2, 0) is 16.2 Å². The van der Waals surface area contributed by atoms with Gasteiger partial charge in [-0.15, -0.1) is 0 Å². The Morgan fingerprint density at radius 1 is 1.38 bits per heavy atom. The molecule has 1 aliphatic rings. The molecule has 1 aliphatic heterocycles. The first kappa shape index (κ1) is 19.1. The van der Waals surface area contributed by atoms with Crippen molar-refractivity contribution in [3.63, 3.8) is 0 Å². The van der Waals surface area contributed by atoms with Gasteiger partial charge in [0.1, 0.15) is 11.9 Å². The summed E-state index contributed by atoms with van der Waals surface area (Å²) in [6.45, 7) is 7.55. The van der Waals surface area contributed by atoms with Crippen molar-refractivity contribution in [2.45, 2.75) is 33.5 Å². The summed E-state index contributed by atoms with van der Waals surface area (Å²) >= 11 is 7.47. The molecule has 1 saturated heterocycles. The van der Waals surface area contributed by atoms with Crippen LogP contribution in [0.2, 0.25) is 0 Å². The molecule has 0 saturated carbocycles. The maximum Gasteiger partial charge on any atom is 0.324 e. The molecular formula is C18H24N4O2S2. The highest BCUT2D eigenvalue weighted by molar-refractivity contribution is 7.99. The summed E-state index contributed by atoms with van der Waals surface area (Å²) in [5.74, 6) is 2.40. The number of ether oxygens (including phenoxy) is 1. The molecule has 1 atom stereocenters. The van der Waals surface area contributed by atoms with Crippen LogP contribution in [0.1, 0.15) is 18.3 Å². The van der Waals surface area contributed by atoms with Crippen molar-refractivity contribution in [1.29, 1.82) is 0 Å². The van der Waals surface area contributed by atoms with E-state index in [1.165, 1.54) is 0 Å². The van der Waals surface area contributed by atoms with E-state index in [-0.39, 0.29) is 12.0 Å². The Bertz CT molecular complexity index is 846. The number of aromatic nitrogens is 3. The summed E-state index contributed by atoms with van der Waals surface area (Å²) in [7, 11) is 0. The zero-order chi connectivity index (χ0) is 18.7. The van der Waals surface area contributed by atoms with Crippen molar-refractivity contribution in [2.24, 2.45) is 0 Å². The molecule has 1 aromatic carbocycles. The number of nitrogens with zero attached hydrogens (tertiary/aromatic N) is 4. The summed E-state index contributed by atoms with van der Waals surface area (Å²) in [4.78, 5) is 14.4. The maximum atomic E-state index is 12.3. The summed E-state index contributed by atoms with van der Waals surface area (Å²) < 4.78 is 9.67. The number of aryl methyl sites for hydroxylation is 2. The molecule has 6 nitrogen and oxygen atoms in total. The standard InChI is InChI=1S/C18H24N4O2S2/c1-4-24-17(23)16-11-26-10-9-20(16)12-21-18(25)22(14(3)19-21)15-8-6-5-7-13(15)2/h5-8,16H,4,9-12H2,1-3H3. The minimum Gasteiger partial charge on any atom is -0.465 e. The average Bonchev–Trinajstić information content (AvgIpc) is 2.90. The van der Waals surface area contributed by atoms with Crippen LogP contribution in [0.25, 0.3) is 5.69 Å². The highest BCUT2D eigenvalue weighted by Crippen LogP contribution is 2.20. The molecule has 1 aromatic heterocycles. The quantitative estimate of drug-likeness (QED) is 0.576. The van der Waals surface area contributed by atoms with Gasteiger partial charge >= 0.3 is 5.97 Å². The lowest BCUT2D eigenvalue weighted by Crippen LogP contribution is -2.48. The maximum absolute atomic E-state index is 12.3. The Kier molecular flexibility index (Phi) is 6.16. The zero-order valence-electron chi connectivity index (χ0n) is 15.3. The summed E-state index contributed by atoms with van der Waals surface area (Å²) in [5, 5.41) is 4.64. The number of hydrogen-bond acceptors (Lipinski definition) is 6. The number of hydrogen-bond donors (Lipinski definition) is 0. The first-order chi connectivity index (χ1) is 12.5. The van der Waals surface area contributed by atoms with Gasteiger partial charge in [0.25, 0.3) is 0 Å². The molecule has 26 heavy (non-hydrogen) atoms. The van der Waals surface area contributed by atoms with Gasteiger partial charge in [0.2, 0.25) is 4.77 Å². The lowest BCUT2D eigenvalue weighted by molar-refractivity contribution is -0.149. The molecule has 2 aromatic rings. The van der Waals surface area contributed by atoms with Crippen LogP contribution < -0.4 is 0 Å². The Morgan fingerprint density at radius 2 is 2.15 bits per heavy atom. The van der Waals surface area contributed by atoms with Crippen LogP contribution in [0, 0.1) is 18.6 Å². The van der Waals surface area contributed by atoms with E-state index < -0.39 is 0 Å². The number of esters is 1. The van der Waals surface area contributed by atoms with Gasteiger partial charge in [0.05, 0.1) is 19.0 Å². The van der Waals surface area contributed by atoms with E-state index in [0.717, 1.165) is 35.1 Å². The third-order valence-electron chi connectivity index (χ3n) is 4.47. The van der Waals surface area contributed by atoms with Crippen LogP contribution >= 0.6 is 24.0 Å². The fraction of sp³-hybridized carbons (Fsp3) is 0.500. The second-order valence-corrected chi connectivity index (χ2v) is 7.76. The number of para-hydroxylation sites is 1. The summed E-state index contributed by atoms with van der Waals surface area (Å²) in [5.41, 5.74) is 2.18. The van der Waals surface area contributed by atoms with Gasteiger partial charge in [0.15, 0.2) is 0 Å². The van der Waals surface area contributed by atoms with Crippen molar-refractivity contribution in [1.82, 2.24) is 19.2 Å². The second kappa shape index (κ2) is 8.37. The van der Waals surface area contributed by atoms with Crippen LogP contribution in [0.5, 0.6) is 0 Å². The number of carbonyl (C=O) groups excluding carboxylic acids is 1. The highest BCUT2D eigenvalue weighted by atomic mass is 32.2. The monoisotopic (exact) mass is 392 g/mol. The van der Waals surface area contributed by atoms with Crippen molar-refractivity contribution in [2.75, 3.05) is 24.7 Å². The van der Waals surface area contributed by atoms with Crippen molar-refractivity contribution >= 4 is 29.9 Å². The van der Waals surface area contributed by atoms with E-state index in [9.17, 15) is 4.79 Å². The molecule has 2 heterocycles. The van der Waals surface area contributed by atoms with Gasteiger partial charge in [-0.05, 0) is 44.6 Å². The van der Waals surface area contributed by atoms with Crippen LogP contribution in [-0.4, -0.2) is 55.9 Å². The first-order valence-corrected chi connectivity index (χ1v) is 10.3. The normalized spacial score (nSPS) is 18.0. The average molecular weight is 393 g/mol. The molecule has 1 fully saturated rings. The SMILES string of the molecule is CCOC(=O)C1CSCCN1Cn1nc(C)n(-c2ccccc2C)c1=S. The van der Waals surface area contributed by atoms with E-state index in [1.807, 2.05) is 36.6 Å². The van der Waals surface area contributed by atoms with E-state index in [0.29, 0.717) is 18.0 Å². The molecule has 8 heteroatoms. The number of carbonyl (C=O) groups is 1. The largest absolute Gasteiger partial charge is 0.465 e. The third kappa shape index (κ3) is 3.87. The second-order valence-electron chi connectivity index (χ2n) is 6.25. The lowest BCUT2D eigenvalue weighted by Gasteiger charge is -2.33. The predicted octanol–water partition coefficient (Wildman–Crippen LogP) is 2.96. The Balaban J connectivity index is 1.89. The smallest absolute Gasteiger partial charge is 0.324 e. The minimum atomic E-state index is -0.250. The topological polar surface area (TPSA) is 52.3 Å². The van der Waals surface area contributed by atoms with E-state index in [1.54, 1.807) is 16.4 Å². The van der Waals surface area contributed by atoms with Crippen molar-refractivity contribution in [3.05, 3.63) is 40.4 Å².